The lowest BCUT2D eigenvalue weighted by Gasteiger charge is -2.43. The average molecular weight is 367 g/mol. The van der Waals surface area contributed by atoms with Crippen LogP contribution in [0.4, 0.5) is 0 Å². The average Bonchev–Trinajstić information content (AvgIpc) is 3.01. The van der Waals surface area contributed by atoms with Gasteiger partial charge in [0.15, 0.2) is 0 Å². The number of Topliss-reactive ketones (excluding diaryl/α,β-unsaturated/α-hetero) is 1. The third-order valence-corrected chi connectivity index (χ3v) is 5.71. The number of amides is 1. The van der Waals surface area contributed by atoms with Gasteiger partial charge in [-0.15, -0.1) is 0 Å². The van der Waals surface area contributed by atoms with E-state index in [1.807, 2.05) is 37.3 Å². The Kier molecular flexibility index (Phi) is 4.83. The van der Waals surface area contributed by atoms with Crippen molar-refractivity contribution in [1.82, 2.24) is 14.7 Å². The highest BCUT2D eigenvalue weighted by Crippen LogP contribution is 2.29. The van der Waals surface area contributed by atoms with Crippen LogP contribution >= 0.6 is 0 Å². The van der Waals surface area contributed by atoms with Crippen molar-refractivity contribution < 1.29 is 14.3 Å². The van der Waals surface area contributed by atoms with E-state index >= 15 is 0 Å². The Balaban J connectivity index is 1.63. The normalized spacial score (nSPS) is 22.4. The van der Waals surface area contributed by atoms with Crippen LogP contribution in [0.15, 0.2) is 30.3 Å². The van der Waals surface area contributed by atoms with Crippen LogP contribution in [0.5, 0.6) is 0 Å². The highest BCUT2D eigenvalue weighted by atomic mass is 16.5. The molecule has 1 aromatic heterocycles. The molecule has 6 nitrogen and oxygen atoms in total. The van der Waals surface area contributed by atoms with Crippen molar-refractivity contribution in [1.29, 1.82) is 0 Å². The number of rotatable bonds is 3. The monoisotopic (exact) mass is 367 g/mol. The SMILES string of the molecule is Cc1nn(-c2ccccc2)c(C)c1C(=O)C(=O)N1CCOC2CCCCC21. The number of morpholine rings is 1. The third kappa shape index (κ3) is 3.18. The molecule has 1 amide bonds. The van der Waals surface area contributed by atoms with E-state index in [1.165, 1.54) is 0 Å². The summed E-state index contributed by atoms with van der Waals surface area (Å²) < 4.78 is 7.57. The smallest absolute Gasteiger partial charge is 0.295 e. The molecule has 4 rings (SSSR count). The quantitative estimate of drug-likeness (QED) is 0.618. The van der Waals surface area contributed by atoms with E-state index in [9.17, 15) is 9.59 Å². The number of benzene rings is 1. The fourth-order valence-corrected chi connectivity index (χ4v) is 4.38. The van der Waals surface area contributed by atoms with Crippen molar-refractivity contribution in [2.75, 3.05) is 13.2 Å². The van der Waals surface area contributed by atoms with Gasteiger partial charge in [0.25, 0.3) is 11.7 Å². The molecule has 0 N–H and O–H groups in total. The van der Waals surface area contributed by atoms with Gasteiger partial charge in [-0.05, 0) is 38.8 Å². The van der Waals surface area contributed by atoms with Gasteiger partial charge in [0.05, 0.1) is 41.4 Å². The Morgan fingerprint density at radius 2 is 1.85 bits per heavy atom. The summed E-state index contributed by atoms with van der Waals surface area (Å²) in [7, 11) is 0. The number of aromatic nitrogens is 2. The van der Waals surface area contributed by atoms with Crippen molar-refractivity contribution in [3.8, 4) is 5.69 Å². The second-order valence-corrected chi connectivity index (χ2v) is 7.38. The van der Waals surface area contributed by atoms with E-state index in [2.05, 4.69) is 5.10 Å². The summed E-state index contributed by atoms with van der Waals surface area (Å²) in [4.78, 5) is 28.0. The number of nitrogens with zero attached hydrogens (tertiary/aromatic N) is 3. The Bertz CT molecular complexity index is 857. The number of hydrogen-bond donors (Lipinski definition) is 0. The predicted octanol–water partition coefficient (Wildman–Crippen LogP) is 2.84. The largest absolute Gasteiger partial charge is 0.374 e. The second kappa shape index (κ2) is 7.27. The summed E-state index contributed by atoms with van der Waals surface area (Å²) in [6.45, 7) is 4.62. The van der Waals surface area contributed by atoms with Gasteiger partial charge < -0.3 is 9.64 Å². The van der Waals surface area contributed by atoms with Crippen LogP contribution in [0.3, 0.4) is 0 Å². The minimum Gasteiger partial charge on any atom is -0.374 e. The second-order valence-electron chi connectivity index (χ2n) is 7.38. The first-order chi connectivity index (χ1) is 13.1. The molecule has 6 heteroatoms. The maximum Gasteiger partial charge on any atom is 0.295 e. The topological polar surface area (TPSA) is 64.4 Å². The van der Waals surface area contributed by atoms with Gasteiger partial charge in [-0.1, -0.05) is 31.0 Å². The fraction of sp³-hybridized carbons (Fsp3) is 0.476. The molecule has 1 aromatic carbocycles. The van der Waals surface area contributed by atoms with Gasteiger partial charge in [-0.3, -0.25) is 9.59 Å². The van der Waals surface area contributed by atoms with Gasteiger partial charge in [0, 0.05) is 6.54 Å². The van der Waals surface area contributed by atoms with Crippen LogP contribution in [0.25, 0.3) is 5.69 Å². The van der Waals surface area contributed by atoms with Crippen molar-refractivity contribution in [3.05, 3.63) is 47.3 Å². The summed E-state index contributed by atoms with van der Waals surface area (Å²) in [5.41, 5.74) is 2.58. The molecule has 142 valence electrons. The fourth-order valence-electron chi connectivity index (χ4n) is 4.38. The van der Waals surface area contributed by atoms with E-state index in [0.717, 1.165) is 31.4 Å². The first-order valence-corrected chi connectivity index (χ1v) is 9.66. The van der Waals surface area contributed by atoms with E-state index in [4.69, 9.17) is 4.74 Å². The molecule has 2 aromatic rings. The van der Waals surface area contributed by atoms with Gasteiger partial charge in [-0.2, -0.15) is 5.10 Å². The minimum absolute atomic E-state index is 0.0220. The lowest BCUT2D eigenvalue weighted by molar-refractivity contribution is -0.144. The molecule has 2 fully saturated rings. The van der Waals surface area contributed by atoms with Crippen LogP contribution in [0.1, 0.15) is 47.4 Å². The highest BCUT2D eigenvalue weighted by Gasteiger charge is 2.39. The van der Waals surface area contributed by atoms with Gasteiger partial charge in [0.1, 0.15) is 0 Å². The molecule has 1 aliphatic carbocycles. The summed E-state index contributed by atoms with van der Waals surface area (Å²) in [6.07, 6.45) is 4.14. The van der Waals surface area contributed by atoms with Gasteiger partial charge in [-0.25, -0.2) is 4.68 Å². The van der Waals surface area contributed by atoms with Crippen LogP contribution < -0.4 is 0 Å². The molecule has 27 heavy (non-hydrogen) atoms. The lowest BCUT2D eigenvalue weighted by atomic mass is 9.89. The van der Waals surface area contributed by atoms with Crippen molar-refractivity contribution >= 4 is 11.7 Å². The molecule has 1 saturated heterocycles. The molecule has 0 bridgehead atoms. The van der Waals surface area contributed by atoms with Gasteiger partial charge >= 0.3 is 0 Å². The number of para-hydroxylation sites is 1. The maximum atomic E-state index is 13.1. The highest BCUT2D eigenvalue weighted by molar-refractivity contribution is 6.43. The zero-order valence-electron chi connectivity index (χ0n) is 15.9. The Hall–Kier alpha value is -2.47. The zero-order chi connectivity index (χ0) is 19.0. The van der Waals surface area contributed by atoms with Gasteiger partial charge in [0.2, 0.25) is 0 Å². The summed E-state index contributed by atoms with van der Waals surface area (Å²) in [5, 5.41) is 4.51. The first kappa shape index (κ1) is 17.9. The van der Waals surface area contributed by atoms with Crippen LogP contribution in [-0.2, 0) is 9.53 Å². The van der Waals surface area contributed by atoms with Crippen molar-refractivity contribution in [2.24, 2.45) is 0 Å². The number of hydrogen-bond acceptors (Lipinski definition) is 4. The van der Waals surface area contributed by atoms with E-state index in [0.29, 0.717) is 30.1 Å². The van der Waals surface area contributed by atoms with E-state index < -0.39 is 11.7 Å². The van der Waals surface area contributed by atoms with Crippen molar-refractivity contribution in [2.45, 2.75) is 51.7 Å². The summed E-state index contributed by atoms with van der Waals surface area (Å²) >= 11 is 0. The Labute approximate surface area is 159 Å². The van der Waals surface area contributed by atoms with Crippen molar-refractivity contribution in [3.63, 3.8) is 0 Å². The minimum atomic E-state index is -0.460. The molecule has 1 aliphatic heterocycles. The number of aryl methyl sites for hydroxylation is 1. The van der Waals surface area contributed by atoms with E-state index in [1.54, 1.807) is 16.5 Å². The maximum absolute atomic E-state index is 13.1. The van der Waals surface area contributed by atoms with Crippen LogP contribution in [0.2, 0.25) is 0 Å². The molecular weight excluding hydrogens is 342 g/mol. The molecule has 2 atom stereocenters. The number of fused-ring (bicyclic) bond motifs is 1. The third-order valence-electron chi connectivity index (χ3n) is 5.71. The molecule has 2 aliphatic rings. The molecule has 1 saturated carbocycles. The lowest BCUT2D eigenvalue weighted by Crippen LogP contribution is -2.56. The standard InChI is InChI=1S/C21H25N3O3/c1-14-19(15(2)24(22-14)16-8-4-3-5-9-16)20(25)21(26)23-12-13-27-18-11-7-6-10-17(18)23/h3-5,8-9,17-18H,6-7,10-13H2,1-2H3. The number of ketones is 1. The Morgan fingerprint density at radius 3 is 2.63 bits per heavy atom. The molecule has 0 radical (unpaired) electrons. The number of carbonyl (C=O) groups is 2. The zero-order valence-corrected chi connectivity index (χ0v) is 15.9. The summed E-state index contributed by atoms with van der Waals surface area (Å²) in [6, 6.07) is 9.68. The molecule has 2 heterocycles. The molecule has 0 spiro atoms. The van der Waals surface area contributed by atoms with Crippen LogP contribution in [-0.4, -0.2) is 51.7 Å². The number of ether oxygens (including phenoxy) is 1. The van der Waals surface area contributed by atoms with E-state index in [-0.39, 0.29) is 12.1 Å². The molecular formula is C21H25N3O3. The summed E-state index contributed by atoms with van der Waals surface area (Å²) in [5.74, 6) is -0.882. The molecule has 2 unspecified atom stereocenters. The Morgan fingerprint density at radius 1 is 1.11 bits per heavy atom. The predicted molar refractivity (Wildman–Crippen MR) is 101 cm³/mol. The number of carbonyl (C=O) groups excluding carboxylic acids is 2. The first-order valence-electron chi connectivity index (χ1n) is 9.66. The van der Waals surface area contributed by atoms with Crippen LogP contribution in [0, 0.1) is 13.8 Å².